The SMILES string of the molecule is COc1cccc(NC(=O)CSc2nc(=O)n(CCO)c3c2CCCC3)c1. The quantitative estimate of drug-likeness (QED) is 0.555. The Labute approximate surface area is 161 Å². The molecule has 3 rings (SSSR count). The Morgan fingerprint density at radius 2 is 2.19 bits per heavy atom. The average molecular weight is 389 g/mol. The summed E-state index contributed by atoms with van der Waals surface area (Å²) in [5.41, 5.74) is 2.29. The van der Waals surface area contributed by atoms with Gasteiger partial charge in [0.1, 0.15) is 10.8 Å². The van der Waals surface area contributed by atoms with Crippen molar-refractivity contribution in [2.75, 3.05) is 24.8 Å². The molecule has 0 unspecified atom stereocenters. The number of aromatic nitrogens is 2. The van der Waals surface area contributed by atoms with E-state index in [1.54, 1.807) is 29.9 Å². The molecule has 1 aliphatic rings. The van der Waals surface area contributed by atoms with E-state index in [4.69, 9.17) is 4.74 Å². The van der Waals surface area contributed by atoms with Crippen LogP contribution in [-0.4, -0.2) is 40.0 Å². The molecular weight excluding hydrogens is 366 g/mol. The normalized spacial score (nSPS) is 13.1. The number of rotatable bonds is 7. The zero-order valence-corrected chi connectivity index (χ0v) is 16.1. The van der Waals surface area contributed by atoms with Crippen molar-refractivity contribution in [1.29, 1.82) is 0 Å². The molecule has 27 heavy (non-hydrogen) atoms. The third kappa shape index (κ3) is 4.70. The van der Waals surface area contributed by atoms with Crippen LogP contribution >= 0.6 is 11.8 Å². The highest BCUT2D eigenvalue weighted by Crippen LogP contribution is 2.28. The van der Waals surface area contributed by atoms with Crippen molar-refractivity contribution in [2.24, 2.45) is 0 Å². The largest absolute Gasteiger partial charge is 0.497 e. The van der Waals surface area contributed by atoms with Gasteiger partial charge in [-0.1, -0.05) is 17.8 Å². The van der Waals surface area contributed by atoms with Gasteiger partial charge in [0.05, 0.1) is 26.0 Å². The van der Waals surface area contributed by atoms with E-state index in [0.29, 0.717) is 16.5 Å². The van der Waals surface area contributed by atoms with Gasteiger partial charge >= 0.3 is 5.69 Å². The van der Waals surface area contributed by atoms with Crippen molar-refractivity contribution < 1.29 is 14.6 Å². The van der Waals surface area contributed by atoms with Crippen LogP contribution in [0.5, 0.6) is 5.75 Å². The fourth-order valence-corrected chi connectivity index (χ4v) is 4.11. The molecule has 2 aromatic rings. The molecular formula is C19H23N3O4S. The van der Waals surface area contributed by atoms with Crippen LogP contribution in [-0.2, 0) is 24.2 Å². The number of ether oxygens (including phenoxy) is 1. The zero-order valence-electron chi connectivity index (χ0n) is 15.2. The van der Waals surface area contributed by atoms with Crippen LogP contribution in [0.15, 0.2) is 34.1 Å². The molecule has 1 aliphatic carbocycles. The maximum atomic E-state index is 12.3. The van der Waals surface area contributed by atoms with Gasteiger partial charge in [0, 0.05) is 23.0 Å². The van der Waals surface area contributed by atoms with Crippen molar-refractivity contribution in [1.82, 2.24) is 9.55 Å². The molecule has 2 N–H and O–H groups in total. The van der Waals surface area contributed by atoms with Gasteiger partial charge in [-0.15, -0.1) is 0 Å². The summed E-state index contributed by atoms with van der Waals surface area (Å²) < 4.78 is 6.72. The number of aliphatic hydroxyl groups excluding tert-OH is 1. The smallest absolute Gasteiger partial charge is 0.348 e. The number of amides is 1. The highest BCUT2D eigenvalue weighted by Gasteiger charge is 2.20. The minimum atomic E-state index is -0.361. The molecule has 1 aromatic heterocycles. The van der Waals surface area contributed by atoms with E-state index in [1.807, 2.05) is 6.07 Å². The van der Waals surface area contributed by atoms with E-state index < -0.39 is 0 Å². The van der Waals surface area contributed by atoms with Crippen molar-refractivity contribution in [3.05, 3.63) is 46.0 Å². The van der Waals surface area contributed by atoms with Gasteiger partial charge in [0.15, 0.2) is 0 Å². The molecule has 0 atom stereocenters. The van der Waals surface area contributed by atoms with E-state index in [2.05, 4.69) is 10.3 Å². The van der Waals surface area contributed by atoms with Gasteiger partial charge in [0.25, 0.3) is 0 Å². The second-order valence-electron chi connectivity index (χ2n) is 6.28. The Kier molecular flexibility index (Phi) is 6.52. The lowest BCUT2D eigenvalue weighted by Crippen LogP contribution is -2.31. The molecule has 8 heteroatoms. The van der Waals surface area contributed by atoms with E-state index >= 15 is 0 Å². The molecule has 7 nitrogen and oxygen atoms in total. The number of benzene rings is 1. The number of nitrogens with one attached hydrogen (secondary N) is 1. The van der Waals surface area contributed by atoms with Crippen LogP contribution < -0.4 is 15.7 Å². The number of thioether (sulfide) groups is 1. The molecule has 1 amide bonds. The molecule has 1 aromatic carbocycles. The molecule has 1 heterocycles. The maximum Gasteiger partial charge on any atom is 0.348 e. The van der Waals surface area contributed by atoms with Gasteiger partial charge in [0.2, 0.25) is 5.91 Å². The van der Waals surface area contributed by atoms with Gasteiger partial charge in [-0.3, -0.25) is 9.36 Å². The number of aliphatic hydroxyl groups is 1. The van der Waals surface area contributed by atoms with Crippen LogP contribution in [0.1, 0.15) is 24.1 Å². The summed E-state index contributed by atoms with van der Waals surface area (Å²) in [5, 5.41) is 12.7. The molecule has 0 fully saturated rings. The third-order valence-electron chi connectivity index (χ3n) is 4.47. The average Bonchev–Trinajstić information content (AvgIpc) is 2.69. The first-order valence-electron chi connectivity index (χ1n) is 8.92. The number of anilines is 1. The van der Waals surface area contributed by atoms with E-state index in [9.17, 15) is 14.7 Å². The van der Waals surface area contributed by atoms with Gasteiger partial charge in [-0.25, -0.2) is 4.79 Å². The lowest BCUT2D eigenvalue weighted by Gasteiger charge is -2.22. The summed E-state index contributed by atoms with van der Waals surface area (Å²) in [6.07, 6.45) is 3.70. The number of hydrogen-bond acceptors (Lipinski definition) is 6. The fourth-order valence-electron chi connectivity index (χ4n) is 3.23. The van der Waals surface area contributed by atoms with Crippen LogP contribution in [0, 0.1) is 0 Å². The first kappa shape index (κ1) is 19.4. The molecule has 0 spiro atoms. The molecule has 144 valence electrons. The molecule has 0 saturated carbocycles. The molecule has 0 aliphatic heterocycles. The topological polar surface area (TPSA) is 93.5 Å². The summed E-state index contributed by atoms with van der Waals surface area (Å²) >= 11 is 1.28. The van der Waals surface area contributed by atoms with Crippen LogP contribution in [0.4, 0.5) is 5.69 Å². The van der Waals surface area contributed by atoms with Crippen LogP contribution in [0.3, 0.4) is 0 Å². The minimum absolute atomic E-state index is 0.0938. The summed E-state index contributed by atoms with van der Waals surface area (Å²) in [7, 11) is 1.57. The predicted octanol–water partition coefficient (Wildman–Crippen LogP) is 1.85. The lowest BCUT2D eigenvalue weighted by molar-refractivity contribution is -0.113. The highest BCUT2D eigenvalue weighted by molar-refractivity contribution is 8.00. The third-order valence-corrected chi connectivity index (χ3v) is 5.49. The maximum absolute atomic E-state index is 12.3. The number of carbonyl (C=O) groups excluding carboxylic acids is 1. The summed E-state index contributed by atoms with van der Waals surface area (Å²) in [6, 6.07) is 7.16. The first-order valence-corrected chi connectivity index (χ1v) is 9.91. The second-order valence-corrected chi connectivity index (χ2v) is 7.24. The summed E-state index contributed by atoms with van der Waals surface area (Å²) in [4.78, 5) is 28.8. The lowest BCUT2D eigenvalue weighted by atomic mass is 9.97. The molecule has 0 bridgehead atoms. The van der Waals surface area contributed by atoms with Crippen LogP contribution in [0.25, 0.3) is 0 Å². The number of carbonyl (C=O) groups is 1. The van der Waals surface area contributed by atoms with Crippen LogP contribution in [0.2, 0.25) is 0 Å². The van der Waals surface area contributed by atoms with E-state index in [-0.39, 0.29) is 30.5 Å². The highest BCUT2D eigenvalue weighted by atomic mass is 32.2. The number of hydrogen-bond donors (Lipinski definition) is 2. The Hall–Kier alpha value is -2.32. The minimum Gasteiger partial charge on any atom is -0.497 e. The van der Waals surface area contributed by atoms with Gasteiger partial charge in [-0.2, -0.15) is 4.98 Å². The number of methoxy groups -OCH3 is 1. The van der Waals surface area contributed by atoms with Crippen molar-refractivity contribution >= 4 is 23.4 Å². The Bertz CT molecular complexity index is 882. The van der Waals surface area contributed by atoms with Crippen molar-refractivity contribution in [3.8, 4) is 5.75 Å². The number of fused-ring (bicyclic) bond motifs is 1. The monoisotopic (exact) mass is 389 g/mol. The molecule has 0 saturated heterocycles. The number of nitrogens with zero attached hydrogens (tertiary/aromatic N) is 2. The van der Waals surface area contributed by atoms with E-state index in [1.165, 1.54) is 11.8 Å². The van der Waals surface area contributed by atoms with Crippen molar-refractivity contribution in [3.63, 3.8) is 0 Å². The fraction of sp³-hybridized carbons (Fsp3) is 0.421. The van der Waals surface area contributed by atoms with Gasteiger partial charge in [-0.05, 0) is 37.8 Å². The van der Waals surface area contributed by atoms with Gasteiger partial charge < -0.3 is 15.2 Å². The Balaban J connectivity index is 1.73. The second kappa shape index (κ2) is 9.05. The Morgan fingerprint density at radius 1 is 1.37 bits per heavy atom. The molecule has 0 radical (unpaired) electrons. The van der Waals surface area contributed by atoms with E-state index in [0.717, 1.165) is 36.9 Å². The Morgan fingerprint density at radius 3 is 2.96 bits per heavy atom. The predicted molar refractivity (Wildman–Crippen MR) is 105 cm³/mol. The first-order chi connectivity index (χ1) is 13.1. The summed E-state index contributed by atoms with van der Waals surface area (Å²) in [6.45, 7) is 0.166. The summed E-state index contributed by atoms with van der Waals surface area (Å²) in [5.74, 6) is 0.669. The zero-order chi connectivity index (χ0) is 19.2. The standard InChI is InChI=1S/C19H23N3O4S/c1-26-14-6-4-5-13(11-14)20-17(24)12-27-18-15-7-2-3-8-16(15)22(9-10-23)19(25)21-18/h4-6,11,23H,2-3,7-10,12H2,1H3,(H,20,24). The van der Waals surface area contributed by atoms with Crippen molar-refractivity contribution in [2.45, 2.75) is 37.3 Å².